The number of carboxylic acids is 1. The number of rotatable bonds is 12. The van der Waals surface area contributed by atoms with E-state index in [1.165, 1.54) is 0 Å². The highest BCUT2D eigenvalue weighted by atomic mass is 32.2. The van der Waals surface area contributed by atoms with Gasteiger partial charge in [-0.1, -0.05) is 13.8 Å². The van der Waals surface area contributed by atoms with Crippen molar-refractivity contribution in [1.82, 2.24) is 4.72 Å². The van der Waals surface area contributed by atoms with Gasteiger partial charge >= 0.3 is 63.0 Å². The van der Waals surface area contributed by atoms with Crippen LogP contribution in [0.15, 0.2) is 11.3 Å². The molecule has 0 aliphatic rings. The molecule has 0 atom stereocenters. The average molecular weight is 625 g/mol. The zero-order valence-corrected chi connectivity index (χ0v) is 18.7. The monoisotopic (exact) mass is 625 g/mol. The maximum atomic E-state index is 14.0. The van der Waals surface area contributed by atoms with Crippen LogP contribution in [0.2, 0.25) is 0 Å². The Kier molecular flexibility index (Phi) is 9.18. The fourth-order valence-electron chi connectivity index (χ4n) is 2.39. The molecule has 0 radical (unpaired) electrons. The van der Waals surface area contributed by atoms with Gasteiger partial charge in [0.05, 0.1) is 5.57 Å². The normalized spacial score (nSPS) is 16.3. The van der Waals surface area contributed by atoms with E-state index in [0.717, 1.165) is 13.8 Å². The molecule has 0 aromatic carbocycles. The van der Waals surface area contributed by atoms with E-state index in [1.807, 2.05) is 0 Å². The summed E-state index contributed by atoms with van der Waals surface area (Å²) in [6.45, 7) is 1.62. The van der Waals surface area contributed by atoms with Crippen molar-refractivity contribution in [3.8, 4) is 0 Å². The summed E-state index contributed by atoms with van der Waals surface area (Å²) in [6, 6.07) is 0. The van der Waals surface area contributed by atoms with Crippen LogP contribution in [0.5, 0.6) is 0 Å². The van der Waals surface area contributed by atoms with E-state index in [1.54, 1.807) is 0 Å². The first-order chi connectivity index (χ1) is 16.3. The summed E-state index contributed by atoms with van der Waals surface area (Å²) >= 11 is 0. The number of alkyl halides is 17. The van der Waals surface area contributed by atoms with Crippen molar-refractivity contribution >= 4 is 16.0 Å². The second-order valence-electron chi connectivity index (χ2n) is 7.04. The number of nitrogens with one attached hydrogen (secondary N) is 1. The van der Waals surface area contributed by atoms with E-state index in [2.05, 4.69) is 0 Å². The lowest BCUT2D eigenvalue weighted by molar-refractivity contribution is -0.458. The molecule has 0 aromatic heterocycles. The molecule has 0 spiro atoms. The highest BCUT2D eigenvalue weighted by Crippen LogP contribution is 2.64. The molecule has 0 aliphatic carbocycles. The third kappa shape index (κ3) is 4.82. The fraction of sp³-hybridized carbons (Fsp3) is 0.800. The van der Waals surface area contributed by atoms with E-state index < -0.39 is 87.1 Å². The van der Waals surface area contributed by atoms with Gasteiger partial charge in [-0.15, -0.1) is 0 Å². The van der Waals surface area contributed by atoms with Gasteiger partial charge in [-0.2, -0.15) is 83.1 Å². The van der Waals surface area contributed by atoms with Gasteiger partial charge in [-0.05, 0) is 12.8 Å². The number of hydrogen-bond acceptors (Lipinski definition) is 3. The molecule has 2 N–H and O–H groups in total. The van der Waals surface area contributed by atoms with Gasteiger partial charge in [0, 0.05) is 5.70 Å². The summed E-state index contributed by atoms with van der Waals surface area (Å²) in [4.78, 5) is 11.0. The first-order valence-electron chi connectivity index (χ1n) is 9.00. The Bertz CT molecular complexity index is 1050. The molecular formula is C15H12F17NO4S. The lowest BCUT2D eigenvalue weighted by atomic mass is 9.91. The molecule has 0 saturated heterocycles. The fourth-order valence-corrected chi connectivity index (χ4v) is 3.57. The maximum absolute atomic E-state index is 14.0. The Labute approximate surface area is 199 Å². The van der Waals surface area contributed by atoms with Gasteiger partial charge in [0.1, 0.15) is 0 Å². The van der Waals surface area contributed by atoms with Crippen LogP contribution >= 0.6 is 0 Å². The van der Waals surface area contributed by atoms with Gasteiger partial charge < -0.3 is 5.11 Å². The van der Waals surface area contributed by atoms with Gasteiger partial charge in [0.25, 0.3) is 0 Å². The summed E-state index contributed by atoms with van der Waals surface area (Å²) < 4.78 is 249. The van der Waals surface area contributed by atoms with E-state index >= 15 is 0 Å². The molecule has 0 aromatic rings. The third-order valence-electron chi connectivity index (χ3n) is 4.62. The SMILES string of the molecule is CCC(NS(=O)(=O)C(F)(F)C(F)(F)C(F)(F)C(F)(F)C(F)(F)C(F)(F)C(F)(F)C(F)(F)F)=C(CC)C(=O)O. The van der Waals surface area contributed by atoms with E-state index in [4.69, 9.17) is 5.11 Å². The van der Waals surface area contributed by atoms with Gasteiger partial charge in [0.15, 0.2) is 0 Å². The van der Waals surface area contributed by atoms with Crippen molar-refractivity contribution in [2.24, 2.45) is 0 Å². The van der Waals surface area contributed by atoms with Crippen LogP contribution in [0.4, 0.5) is 74.6 Å². The third-order valence-corrected chi connectivity index (χ3v) is 6.06. The number of hydrogen-bond donors (Lipinski definition) is 2. The van der Waals surface area contributed by atoms with Crippen LogP contribution in [-0.2, 0) is 14.8 Å². The Balaban J connectivity index is 7.10. The number of aliphatic carboxylic acids is 1. The molecule has 0 bridgehead atoms. The first kappa shape index (κ1) is 35.8. The molecule has 5 nitrogen and oxygen atoms in total. The smallest absolute Gasteiger partial charge is 0.460 e. The number of carboxylic acid groups (broad SMARTS) is 1. The van der Waals surface area contributed by atoms with Crippen molar-refractivity contribution in [2.75, 3.05) is 0 Å². The van der Waals surface area contributed by atoms with E-state index in [-0.39, 0.29) is 0 Å². The molecule has 226 valence electrons. The number of allylic oxidation sites excluding steroid dienone is 1. The highest BCUT2D eigenvalue weighted by Gasteiger charge is 2.96. The van der Waals surface area contributed by atoms with Crippen molar-refractivity contribution in [3.63, 3.8) is 0 Å². The molecule has 38 heavy (non-hydrogen) atoms. The largest absolute Gasteiger partial charge is 0.478 e. The van der Waals surface area contributed by atoms with Crippen molar-refractivity contribution in [3.05, 3.63) is 11.3 Å². The van der Waals surface area contributed by atoms with Crippen LogP contribution < -0.4 is 4.72 Å². The maximum Gasteiger partial charge on any atom is 0.460 e. The van der Waals surface area contributed by atoms with Crippen LogP contribution in [0, 0.1) is 0 Å². The zero-order chi connectivity index (χ0) is 31.4. The summed E-state index contributed by atoms with van der Waals surface area (Å²) in [6.07, 6.45) is -9.75. The standard InChI is InChI=1S/C15H12F17NO4S/c1-3-5(7(34)35)6(4-2)33-38(36,37)15(31,32)13(26,27)11(22,23)9(18,19)8(16,17)10(20,21)12(24,25)14(28,29)30/h33H,3-4H2,1-2H3,(H,34,35). The van der Waals surface area contributed by atoms with E-state index in [0.29, 0.717) is 4.72 Å². The summed E-state index contributed by atoms with van der Waals surface area (Å²) in [5.41, 5.74) is -2.69. The number of halogens is 17. The predicted octanol–water partition coefficient (Wildman–Crippen LogP) is 6.03. The molecule has 0 saturated carbocycles. The van der Waals surface area contributed by atoms with Crippen molar-refractivity contribution in [1.29, 1.82) is 0 Å². The predicted molar refractivity (Wildman–Crippen MR) is 88.0 cm³/mol. The second kappa shape index (κ2) is 9.75. The molecule has 0 unspecified atom stereocenters. The molecule has 0 amide bonds. The Hall–Kier alpha value is -2.23. The minimum absolute atomic E-state index is 0.317. The zero-order valence-electron chi connectivity index (χ0n) is 17.9. The number of carbonyl (C=O) groups is 1. The highest BCUT2D eigenvalue weighted by molar-refractivity contribution is 7.90. The number of sulfonamides is 1. The minimum Gasteiger partial charge on any atom is -0.478 e. The second-order valence-corrected chi connectivity index (χ2v) is 8.76. The van der Waals surface area contributed by atoms with Gasteiger partial charge in [-0.3, -0.25) is 4.72 Å². The Morgan fingerprint density at radius 2 is 0.921 bits per heavy atom. The molecule has 0 fully saturated rings. The first-order valence-corrected chi connectivity index (χ1v) is 10.5. The van der Waals surface area contributed by atoms with Crippen molar-refractivity contribution in [2.45, 2.75) is 73.7 Å². The van der Waals surface area contributed by atoms with Gasteiger partial charge in [0.2, 0.25) is 0 Å². The summed E-state index contributed by atoms with van der Waals surface area (Å²) in [5, 5.41) is 1.04. The lowest BCUT2D eigenvalue weighted by Crippen LogP contribution is -2.75. The van der Waals surface area contributed by atoms with Crippen molar-refractivity contribution < 1.29 is 93.0 Å². The Morgan fingerprint density at radius 1 is 0.605 bits per heavy atom. The summed E-state index contributed by atoms with van der Waals surface area (Å²) in [7, 11) is -7.62. The van der Waals surface area contributed by atoms with Crippen LogP contribution in [-0.4, -0.2) is 66.5 Å². The quantitative estimate of drug-likeness (QED) is 0.205. The average Bonchev–Trinajstić information content (AvgIpc) is 2.71. The molecular weight excluding hydrogens is 613 g/mol. The van der Waals surface area contributed by atoms with Crippen LogP contribution in [0.3, 0.4) is 0 Å². The Morgan fingerprint density at radius 3 is 1.18 bits per heavy atom. The van der Waals surface area contributed by atoms with Crippen LogP contribution in [0.1, 0.15) is 26.7 Å². The molecule has 0 aliphatic heterocycles. The lowest BCUT2D eigenvalue weighted by Gasteiger charge is -2.42. The van der Waals surface area contributed by atoms with E-state index in [9.17, 15) is 87.8 Å². The topological polar surface area (TPSA) is 83.5 Å². The summed E-state index contributed by atoms with van der Waals surface area (Å²) in [5.74, 6) is -54.4. The molecule has 0 heterocycles. The molecule has 0 rings (SSSR count). The molecule has 23 heteroatoms. The van der Waals surface area contributed by atoms with Gasteiger partial charge in [-0.25, -0.2) is 4.79 Å². The van der Waals surface area contributed by atoms with Crippen LogP contribution in [0.25, 0.3) is 0 Å². The minimum atomic E-state index is -8.94.